The van der Waals surface area contributed by atoms with Crippen LogP contribution in [0.3, 0.4) is 0 Å². The molecule has 96 valence electrons. The second kappa shape index (κ2) is 8.14. The lowest BCUT2D eigenvalue weighted by Crippen LogP contribution is -2.29. The summed E-state index contributed by atoms with van der Waals surface area (Å²) in [5, 5.41) is 9.53. The zero-order valence-electron chi connectivity index (χ0n) is 10.4. The van der Waals surface area contributed by atoms with E-state index in [9.17, 15) is 5.11 Å². The minimum atomic E-state index is 0.0879. The first-order chi connectivity index (χ1) is 8.19. The molecule has 17 heavy (non-hydrogen) atoms. The first-order valence-corrected chi connectivity index (χ1v) is 7.78. The molecule has 1 unspecified atom stereocenters. The summed E-state index contributed by atoms with van der Waals surface area (Å²) < 4.78 is 1.06. The summed E-state index contributed by atoms with van der Waals surface area (Å²) in [5.41, 5.74) is 1.16. The molecule has 1 aromatic carbocycles. The van der Waals surface area contributed by atoms with Crippen molar-refractivity contribution >= 4 is 27.7 Å². The van der Waals surface area contributed by atoms with E-state index in [1.54, 1.807) is 0 Å². The highest BCUT2D eigenvalue weighted by molar-refractivity contribution is 9.10. The molecule has 1 atom stereocenters. The van der Waals surface area contributed by atoms with E-state index in [0.717, 1.165) is 28.1 Å². The van der Waals surface area contributed by atoms with Crippen molar-refractivity contribution in [3.8, 4) is 0 Å². The van der Waals surface area contributed by atoms with Crippen LogP contribution in [0.2, 0.25) is 0 Å². The molecule has 0 bridgehead atoms. The molecule has 0 aromatic heterocycles. The van der Waals surface area contributed by atoms with Crippen LogP contribution in [0.4, 0.5) is 0 Å². The molecule has 0 fully saturated rings. The van der Waals surface area contributed by atoms with Gasteiger partial charge in [-0.2, -0.15) is 11.8 Å². The summed E-state index contributed by atoms with van der Waals surface area (Å²) in [6, 6.07) is 8.24. The predicted molar refractivity (Wildman–Crippen MR) is 79.6 cm³/mol. The maximum Gasteiger partial charge on any atom is 0.0628 e. The van der Waals surface area contributed by atoms with Crippen LogP contribution in [0.25, 0.3) is 0 Å². The summed E-state index contributed by atoms with van der Waals surface area (Å²) in [4.78, 5) is 2.21. The fourth-order valence-corrected chi connectivity index (χ4v) is 2.84. The van der Waals surface area contributed by atoms with Gasteiger partial charge in [0, 0.05) is 16.8 Å². The number of nitrogens with zero attached hydrogens (tertiary/aromatic N) is 1. The lowest BCUT2D eigenvalue weighted by atomic mass is 10.1. The molecule has 0 heterocycles. The average molecular weight is 318 g/mol. The van der Waals surface area contributed by atoms with Crippen LogP contribution in [-0.2, 0) is 0 Å². The normalized spacial score (nSPS) is 13.0. The Balaban J connectivity index is 2.63. The second-order valence-corrected chi connectivity index (χ2v) is 6.24. The van der Waals surface area contributed by atoms with Crippen LogP contribution >= 0.6 is 27.7 Å². The van der Waals surface area contributed by atoms with Gasteiger partial charge in [-0.3, -0.25) is 4.90 Å². The Labute approximate surface area is 117 Å². The standard InChI is InChI=1S/C13H20BrNOS/c1-3-17-8-7-15(2)13(10-16)11-5-4-6-12(14)9-11/h4-6,9,13,16H,3,7-8,10H2,1-2H3. The number of hydrogen-bond acceptors (Lipinski definition) is 3. The number of thioether (sulfide) groups is 1. The molecule has 1 aromatic rings. The van der Waals surface area contributed by atoms with Crippen molar-refractivity contribution in [1.82, 2.24) is 4.90 Å². The van der Waals surface area contributed by atoms with Crippen LogP contribution in [-0.4, -0.2) is 41.7 Å². The molecule has 0 aliphatic rings. The SMILES string of the molecule is CCSCCN(C)C(CO)c1cccc(Br)c1. The largest absolute Gasteiger partial charge is 0.394 e. The molecule has 0 aliphatic carbocycles. The number of aliphatic hydroxyl groups excluding tert-OH is 1. The third kappa shape index (κ3) is 5.00. The highest BCUT2D eigenvalue weighted by Gasteiger charge is 2.15. The van der Waals surface area contributed by atoms with Gasteiger partial charge in [-0.15, -0.1) is 0 Å². The van der Waals surface area contributed by atoms with E-state index in [1.807, 2.05) is 23.9 Å². The van der Waals surface area contributed by atoms with E-state index >= 15 is 0 Å². The highest BCUT2D eigenvalue weighted by atomic mass is 79.9. The molecule has 0 radical (unpaired) electrons. The zero-order valence-corrected chi connectivity index (χ0v) is 12.8. The van der Waals surface area contributed by atoms with Gasteiger partial charge in [-0.1, -0.05) is 35.0 Å². The van der Waals surface area contributed by atoms with E-state index in [2.05, 4.69) is 46.9 Å². The molecule has 0 spiro atoms. The first kappa shape index (κ1) is 15.0. The summed E-state index contributed by atoms with van der Waals surface area (Å²) in [6.07, 6.45) is 0. The summed E-state index contributed by atoms with van der Waals surface area (Å²) in [7, 11) is 2.07. The molecule has 0 saturated heterocycles. The Morgan fingerprint density at radius 3 is 2.82 bits per heavy atom. The number of hydrogen-bond donors (Lipinski definition) is 1. The minimum Gasteiger partial charge on any atom is -0.394 e. The molecule has 2 nitrogen and oxygen atoms in total. The summed E-state index contributed by atoms with van der Waals surface area (Å²) in [5.74, 6) is 2.26. The first-order valence-electron chi connectivity index (χ1n) is 5.83. The van der Waals surface area contributed by atoms with Gasteiger partial charge in [-0.05, 0) is 30.5 Å². The maximum atomic E-state index is 9.53. The van der Waals surface area contributed by atoms with Crippen molar-refractivity contribution in [3.63, 3.8) is 0 Å². The monoisotopic (exact) mass is 317 g/mol. The molecule has 1 N–H and O–H groups in total. The molecular formula is C13H20BrNOS. The van der Waals surface area contributed by atoms with Crippen LogP contribution in [0.5, 0.6) is 0 Å². The zero-order chi connectivity index (χ0) is 12.7. The van der Waals surface area contributed by atoms with Crippen molar-refractivity contribution < 1.29 is 5.11 Å². The summed E-state index contributed by atoms with van der Waals surface area (Å²) in [6.45, 7) is 3.32. The van der Waals surface area contributed by atoms with Crippen LogP contribution in [0.15, 0.2) is 28.7 Å². The van der Waals surface area contributed by atoms with Crippen molar-refractivity contribution in [2.45, 2.75) is 13.0 Å². The third-order valence-corrected chi connectivity index (χ3v) is 4.10. The van der Waals surface area contributed by atoms with E-state index in [1.165, 1.54) is 0 Å². The van der Waals surface area contributed by atoms with Gasteiger partial charge in [0.15, 0.2) is 0 Å². The van der Waals surface area contributed by atoms with Gasteiger partial charge in [0.05, 0.1) is 12.6 Å². The fraction of sp³-hybridized carbons (Fsp3) is 0.538. The van der Waals surface area contributed by atoms with Crippen molar-refractivity contribution in [1.29, 1.82) is 0 Å². The van der Waals surface area contributed by atoms with Gasteiger partial charge in [0.2, 0.25) is 0 Å². The number of rotatable bonds is 7. The summed E-state index contributed by atoms with van der Waals surface area (Å²) >= 11 is 5.40. The maximum absolute atomic E-state index is 9.53. The van der Waals surface area contributed by atoms with E-state index in [-0.39, 0.29) is 12.6 Å². The van der Waals surface area contributed by atoms with Gasteiger partial charge in [0.25, 0.3) is 0 Å². The van der Waals surface area contributed by atoms with Gasteiger partial charge < -0.3 is 5.11 Å². The van der Waals surface area contributed by atoms with Crippen molar-refractivity contribution in [2.24, 2.45) is 0 Å². The van der Waals surface area contributed by atoms with Gasteiger partial charge in [-0.25, -0.2) is 0 Å². The third-order valence-electron chi connectivity index (χ3n) is 2.73. The van der Waals surface area contributed by atoms with Gasteiger partial charge >= 0.3 is 0 Å². The molecule has 0 aliphatic heterocycles. The lowest BCUT2D eigenvalue weighted by molar-refractivity contribution is 0.154. The Morgan fingerprint density at radius 1 is 1.47 bits per heavy atom. The average Bonchev–Trinajstić information content (AvgIpc) is 2.30. The Morgan fingerprint density at radius 2 is 2.24 bits per heavy atom. The Hall–Kier alpha value is -0.0300. The number of benzene rings is 1. The second-order valence-electron chi connectivity index (χ2n) is 3.93. The lowest BCUT2D eigenvalue weighted by Gasteiger charge is -2.26. The number of likely N-dealkylation sites (N-methyl/N-ethyl adjacent to an activating group) is 1. The smallest absolute Gasteiger partial charge is 0.0628 e. The Kier molecular flexibility index (Phi) is 7.19. The quantitative estimate of drug-likeness (QED) is 0.781. The fourth-order valence-electron chi connectivity index (χ4n) is 1.72. The molecular weight excluding hydrogens is 298 g/mol. The number of aliphatic hydroxyl groups is 1. The molecule has 0 amide bonds. The molecule has 0 saturated carbocycles. The Bertz CT molecular complexity index is 335. The van der Waals surface area contributed by atoms with E-state index < -0.39 is 0 Å². The number of halogens is 1. The minimum absolute atomic E-state index is 0.0879. The van der Waals surface area contributed by atoms with Gasteiger partial charge in [0.1, 0.15) is 0 Å². The highest BCUT2D eigenvalue weighted by Crippen LogP contribution is 2.22. The van der Waals surface area contributed by atoms with Crippen LogP contribution < -0.4 is 0 Å². The molecule has 1 rings (SSSR count). The van der Waals surface area contributed by atoms with Crippen molar-refractivity contribution in [3.05, 3.63) is 34.3 Å². The van der Waals surface area contributed by atoms with E-state index in [0.29, 0.717) is 0 Å². The van der Waals surface area contributed by atoms with E-state index in [4.69, 9.17) is 0 Å². The topological polar surface area (TPSA) is 23.5 Å². The van der Waals surface area contributed by atoms with Crippen LogP contribution in [0.1, 0.15) is 18.5 Å². The van der Waals surface area contributed by atoms with Crippen molar-refractivity contribution in [2.75, 3.05) is 31.7 Å². The predicted octanol–water partition coefficient (Wildman–Crippen LogP) is 3.17. The van der Waals surface area contributed by atoms with Crippen LogP contribution in [0, 0.1) is 0 Å². The molecule has 4 heteroatoms.